The number of nitrogens with two attached hydrogens (primary N) is 1. The third-order valence-corrected chi connectivity index (χ3v) is 3.15. The number of nitrogens with one attached hydrogen (secondary N) is 1. The van der Waals surface area contributed by atoms with Crippen molar-refractivity contribution in [2.75, 3.05) is 0 Å². The Morgan fingerprint density at radius 2 is 1.88 bits per heavy atom. The van der Waals surface area contributed by atoms with Crippen molar-refractivity contribution in [1.82, 2.24) is 10.4 Å². The maximum Gasteiger partial charge on any atom is 0.141 e. The molecule has 3 nitrogen and oxygen atoms in total. The van der Waals surface area contributed by atoms with Gasteiger partial charge in [0.25, 0.3) is 0 Å². The minimum Gasteiger partial charge on any atom is -0.271 e. The van der Waals surface area contributed by atoms with E-state index < -0.39 is 0 Å². The summed E-state index contributed by atoms with van der Waals surface area (Å²) in [4.78, 5) is 3.82. The average Bonchev–Trinajstić information content (AvgIpc) is 2.33. The molecule has 1 aromatic heterocycles. The minimum absolute atomic E-state index is 0.254. The molecule has 3 N–H and O–H groups in total. The van der Waals surface area contributed by atoms with Crippen LogP contribution in [-0.2, 0) is 0 Å². The smallest absolute Gasteiger partial charge is 0.141 e. The van der Waals surface area contributed by atoms with Crippen LogP contribution in [0, 0.1) is 9.39 Å². The maximum atomic E-state index is 13.1. The van der Waals surface area contributed by atoms with Gasteiger partial charge < -0.3 is 0 Å². The summed E-state index contributed by atoms with van der Waals surface area (Å²) in [5, 5.41) is 0. The second-order valence-electron chi connectivity index (χ2n) is 3.59. The summed E-state index contributed by atoms with van der Waals surface area (Å²) in [5.41, 5.74) is 4.35. The topological polar surface area (TPSA) is 50.9 Å². The lowest BCUT2D eigenvalue weighted by Crippen LogP contribution is -2.29. The Morgan fingerprint density at radius 3 is 2.47 bits per heavy atom. The predicted molar refractivity (Wildman–Crippen MR) is 72.5 cm³/mol. The zero-order valence-corrected chi connectivity index (χ0v) is 11.1. The molecule has 1 aromatic carbocycles. The van der Waals surface area contributed by atoms with Crippen LogP contribution in [-0.4, -0.2) is 4.98 Å². The third-order valence-electron chi connectivity index (χ3n) is 2.43. The molecular weight excluding hydrogens is 332 g/mol. The van der Waals surface area contributed by atoms with Gasteiger partial charge in [-0.3, -0.25) is 10.8 Å². The molecule has 1 heterocycles. The van der Waals surface area contributed by atoms with Gasteiger partial charge in [0, 0.05) is 9.77 Å². The zero-order valence-electron chi connectivity index (χ0n) is 8.90. The average molecular weight is 343 g/mol. The second kappa shape index (κ2) is 5.52. The molecule has 0 spiro atoms. The number of pyridine rings is 1. The fourth-order valence-corrected chi connectivity index (χ4v) is 1.99. The lowest BCUT2D eigenvalue weighted by molar-refractivity contribution is 0.598. The highest BCUT2D eigenvalue weighted by Gasteiger charge is 2.13. The fraction of sp³-hybridized carbons (Fsp3) is 0.0833. The van der Waals surface area contributed by atoms with E-state index in [4.69, 9.17) is 5.84 Å². The van der Waals surface area contributed by atoms with Crippen LogP contribution in [0.15, 0.2) is 42.7 Å². The molecule has 0 bridgehead atoms. The molecular formula is C12H11FIN3. The molecule has 0 radical (unpaired) electrons. The van der Waals surface area contributed by atoms with Crippen molar-refractivity contribution in [2.45, 2.75) is 6.04 Å². The van der Waals surface area contributed by atoms with Crippen LogP contribution in [0.2, 0.25) is 0 Å². The van der Waals surface area contributed by atoms with Crippen molar-refractivity contribution in [2.24, 2.45) is 5.84 Å². The number of aromatic nitrogens is 1. The van der Waals surface area contributed by atoms with Crippen LogP contribution in [0.25, 0.3) is 0 Å². The van der Waals surface area contributed by atoms with Gasteiger partial charge in [-0.1, -0.05) is 12.1 Å². The number of hydrazine groups is 1. The summed E-state index contributed by atoms with van der Waals surface area (Å²) in [6.45, 7) is 0. The van der Waals surface area contributed by atoms with Crippen LogP contribution in [0.1, 0.15) is 17.2 Å². The van der Waals surface area contributed by atoms with Crippen LogP contribution in [0.4, 0.5) is 4.39 Å². The van der Waals surface area contributed by atoms with Crippen molar-refractivity contribution in [3.05, 3.63) is 63.2 Å². The SMILES string of the molecule is NNC(c1ccc(I)cc1)c1cncc(F)c1. The first-order valence-corrected chi connectivity index (χ1v) is 6.10. The molecule has 0 aliphatic rings. The monoisotopic (exact) mass is 343 g/mol. The molecule has 1 unspecified atom stereocenters. The first kappa shape index (κ1) is 12.4. The molecule has 0 aliphatic heterocycles. The van der Waals surface area contributed by atoms with Gasteiger partial charge in [-0.2, -0.15) is 0 Å². The minimum atomic E-state index is -0.367. The van der Waals surface area contributed by atoms with Crippen molar-refractivity contribution in [1.29, 1.82) is 0 Å². The molecule has 0 saturated carbocycles. The van der Waals surface area contributed by atoms with E-state index >= 15 is 0 Å². The van der Waals surface area contributed by atoms with E-state index in [9.17, 15) is 4.39 Å². The van der Waals surface area contributed by atoms with E-state index in [-0.39, 0.29) is 11.9 Å². The summed E-state index contributed by atoms with van der Waals surface area (Å²) in [6.07, 6.45) is 2.77. The van der Waals surface area contributed by atoms with Gasteiger partial charge in [0.15, 0.2) is 0 Å². The first-order valence-electron chi connectivity index (χ1n) is 5.03. The summed E-state index contributed by atoms with van der Waals surface area (Å²) in [6, 6.07) is 9.04. The van der Waals surface area contributed by atoms with Crippen LogP contribution in [0.5, 0.6) is 0 Å². The molecule has 88 valence electrons. The van der Waals surface area contributed by atoms with Crippen molar-refractivity contribution in [3.8, 4) is 0 Å². The quantitative estimate of drug-likeness (QED) is 0.511. The van der Waals surface area contributed by atoms with E-state index in [1.54, 1.807) is 6.20 Å². The number of hydrogen-bond acceptors (Lipinski definition) is 3. The Balaban J connectivity index is 2.36. The van der Waals surface area contributed by atoms with E-state index in [1.807, 2.05) is 24.3 Å². The van der Waals surface area contributed by atoms with Crippen LogP contribution < -0.4 is 11.3 Å². The van der Waals surface area contributed by atoms with Gasteiger partial charge in [0.1, 0.15) is 5.82 Å². The number of hydrogen-bond donors (Lipinski definition) is 2. The fourth-order valence-electron chi connectivity index (χ4n) is 1.63. The Kier molecular flexibility index (Phi) is 4.03. The first-order chi connectivity index (χ1) is 8.20. The van der Waals surface area contributed by atoms with Crippen LogP contribution in [0.3, 0.4) is 0 Å². The largest absolute Gasteiger partial charge is 0.271 e. The number of halogens is 2. The summed E-state index contributed by atoms with van der Waals surface area (Å²) in [5.74, 6) is 5.16. The highest BCUT2D eigenvalue weighted by molar-refractivity contribution is 14.1. The molecule has 0 fully saturated rings. The maximum absolute atomic E-state index is 13.1. The van der Waals surface area contributed by atoms with Crippen molar-refractivity contribution in [3.63, 3.8) is 0 Å². The van der Waals surface area contributed by atoms with Gasteiger partial charge in [-0.15, -0.1) is 0 Å². The molecule has 2 rings (SSSR count). The van der Waals surface area contributed by atoms with Gasteiger partial charge in [-0.05, 0) is 51.9 Å². The molecule has 0 saturated heterocycles. The standard InChI is InChI=1S/C12H11FIN3/c13-10-5-9(6-16-7-10)12(17-15)8-1-3-11(14)4-2-8/h1-7,12,17H,15H2. The molecule has 5 heteroatoms. The Morgan fingerprint density at radius 1 is 1.18 bits per heavy atom. The molecule has 2 aromatic rings. The lowest BCUT2D eigenvalue weighted by atomic mass is 10.0. The molecule has 17 heavy (non-hydrogen) atoms. The molecule has 1 atom stereocenters. The summed E-state index contributed by atoms with van der Waals surface area (Å²) >= 11 is 2.23. The zero-order chi connectivity index (χ0) is 12.3. The van der Waals surface area contributed by atoms with Gasteiger partial charge in [0.05, 0.1) is 12.2 Å². The lowest BCUT2D eigenvalue weighted by Gasteiger charge is -2.16. The van der Waals surface area contributed by atoms with E-state index in [0.717, 1.165) is 9.13 Å². The Bertz CT molecular complexity index is 501. The summed E-state index contributed by atoms with van der Waals surface area (Å²) < 4.78 is 14.2. The number of benzene rings is 1. The number of rotatable bonds is 3. The summed E-state index contributed by atoms with van der Waals surface area (Å²) in [7, 11) is 0. The van der Waals surface area contributed by atoms with Gasteiger partial charge >= 0.3 is 0 Å². The van der Waals surface area contributed by atoms with Crippen LogP contribution >= 0.6 is 22.6 Å². The molecule has 0 aliphatic carbocycles. The Hall–Kier alpha value is -1.05. The van der Waals surface area contributed by atoms with E-state index in [0.29, 0.717) is 5.56 Å². The highest BCUT2D eigenvalue weighted by atomic mass is 127. The Labute approximate surface area is 112 Å². The van der Waals surface area contributed by atoms with Gasteiger partial charge in [-0.25, -0.2) is 9.82 Å². The highest BCUT2D eigenvalue weighted by Crippen LogP contribution is 2.21. The second-order valence-corrected chi connectivity index (χ2v) is 4.83. The molecule has 0 amide bonds. The van der Waals surface area contributed by atoms with Gasteiger partial charge in [0.2, 0.25) is 0 Å². The normalized spacial score (nSPS) is 12.4. The van der Waals surface area contributed by atoms with Crippen molar-refractivity contribution < 1.29 is 4.39 Å². The van der Waals surface area contributed by atoms with E-state index in [2.05, 4.69) is 33.0 Å². The van der Waals surface area contributed by atoms with E-state index in [1.165, 1.54) is 12.3 Å². The number of nitrogens with zero attached hydrogens (tertiary/aromatic N) is 1. The van der Waals surface area contributed by atoms with Crippen molar-refractivity contribution >= 4 is 22.6 Å². The third kappa shape index (κ3) is 2.99. The predicted octanol–water partition coefficient (Wildman–Crippen LogP) is 2.38.